The largest absolute Gasteiger partial charge is 0.493 e. The molecular formula is C16H25NO3. The summed E-state index contributed by atoms with van der Waals surface area (Å²) in [7, 11) is 3.27. The number of methoxy groups -OCH3 is 2. The van der Waals surface area contributed by atoms with Crippen LogP contribution in [0.1, 0.15) is 32.1 Å². The van der Waals surface area contributed by atoms with Crippen LogP contribution in [0.25, 0.3) is 0 Å². The Bertz CT molecular complexity index is 428. The van der Waals surface area contributed by atoms with Gasteiger partial charge in [0.2, 0.25) is 0 Å². The average Bonchev–Trinajstić information content (AvgIpc) is 2.53. The van der Waals surface area contributed by atoms with Gasteiger partial charge in [-0.1, -0.05) is 19.3 Å². The molecule has 1 aromatic carbocycles. The van der Waals surface area contributed by atoms with Crippen molar-refractivity contribution in [3.8, 4) is 11.5 Å². The minimum absolute atomic E-state index is 0.0331. The van der Waals surface area contributed by atoms with E-state index in [2.05, 4.69) is 5.32 Å². The summed E-state index contributed by atoms with van der Waals surface area (Å²) < 4.78 is 10.5. The van der Waals surface area contributed by atoms with Crippen molar-refractivity contribution in [3.63, 3.8) is 0 Å². The molecule has 4 nitrogen and oxygen atoms in total. The molecule has 0 amide bonds. The van der Waals surface area contributed by atoms with E-state index in [1.165, 1.54) is 19.3 Å². The first-order valence-electron chi connectivity index (χ1n) is 7.30. The lowest BCUT2D eigenvalue weighted by molar-refractivity contribution is 0.0944. The van der Waals surface area contributed by atoms with Crippen LogP contribution in [-0.2, 0) is 0 Å². The predicted molar refractivity (Wildman–Crippen MR) is 80.6 cm³/mol. The molecule has 112 valence electrons. The SMILES string of the molecule is COc1ccc(NCC2(CO)CCCCC2)cc1OC. The van der Waals surface area contributed by atoms with Crippen molar-refractivity contribution < 1.29 is 14.6 Å². The first kappa shape index (κ1) is 15.0. The van der Waals surface area contributed by atoms with Gasteiger partial charge < -0.3 is 19.9 Å². The van der Waals surface area contributed by atoms with Crippen LogP contribution >= 0.6 is 0 Å². The molecule has 1 aromatic rings. The Hall–Kier alpha value is -1.42. The molecule has 0 atom stereocenters. The van der Waals surface area contributed by atoms with E-state index in [9.17, 15) is 5.11 Å². The van der Waals surface area contributed by atoms with Gasteiger partial charge in [-0.25, -0.2) is 0 Å². The third-order valence-corrected chi connectivity index (χ3v) is 4.30. The van der Waals surface area contributed by atoms with Crippen molar-refractivity contribution in [3.05, 3.63) is 18.2 Å². The van der Waals surface area contributed by atoms with E-state index in [1.807, 2.05) is 18.2 Å². The first-order chi connectivity index (χ1) is 9.73. The second-order valence-electron chi connectivity index (χ2n) is 5.64. The van der Waals surface area contributed by atoms with Gasteiger partial charge >= 0.3 is 0 Å². The lowest BCUT2D eigenvalue weighted by Crippen LogP contribution is -2.35. The van der Waals surface area contributed by atoms with Crippen LogP contribution in [0.4, 0.5) is 5.69 Å². The number of aliphatic hydroxyl groups excluding tert-OH is 1. The van der Waals surface area contributed by atoms with Crippen molar-refractivity contribution in [2.24, 2.45) is 5.41 Å². The molecule has 0 heterocycles. The summed E-state index contributed by atoms with van der Waals surface area (Å²) in [4.78, 5) is 0. The molecule has 1 saturated carbocycles. The van der Waals surface area contributed by atoms with E-state index in [1.54, 1.807) is 14.2 Å². The van der Waals surface area contributed by atoms with Crippen molar-refractivity contribution in [2.75, 3.05) is 32.7 Å². The van der Waals surface area contributed by atoms with E-state index in [0.29, 0.717) is 0 Å². The maximum Gasteiger partial charge on any atom is 0.162 e. The zero-order valence-electron chi connectivity index (χ0n) is 12.4. The van der Waals surface area contributed by atoms with Gasteiger partial charge in [0, 0.05) is 23.7 Å². The van der Waals surface area contributed by atoms with Gasteiger partial charge in [0.15, 0.2) is 11.5 Å². The molecule has 0 aromatic heterocycles. The molecule has 1 aliphatic rings. The van der Waals surface area contributed by atoms with Crippen LogP contribution in [0.5, 0.6) is 11.5 Å². The normalized spacial score (nSPS) is 17.6. The Morgan fingerprint density at radius 1 is 1.10 bits per heavy atom. The molecule has 2 N–H and O–H groups in total. The van der Waals surface area contributed by atoms with E-state index in [0.717, 1.165) is 36.6 Å². The maximum atomic E-state index is 9.72. The molecule has 1 aliphatic carbocycles. The Labute approximate surface area is 121 Å². The number of rotatable bonds is 6. The summed E-state index contributed by atoms with van der Waals surface area (Å²) in [6.07, 6.45) is 5.92. The van der Waals surface area contributed by atoms with Crippen molar-refractivity contribution >= 4 is 5.69 Å². The van der Waals surface area contributed by atoms with Crippen LogP contribution in [0, 0.1) is 5.41 Å². The van der Waals surface area contributed by atoms with Gasteiger partial charge in [0.1, 0.15) is 0 Å². The molecule has 0 aliphatic heterocycles. The van der Waals surface area contributed by atoms with Crippen molar-refractivity contribution in [1.82, 2.24) is 0 Å². The minimum Gasteiger partial charge on any atom is -0.493 e. The third kappa shape index (κ3) is 3.37. The number of aliphatic hydroxyl groups is 1. The number of hydrogen-bond acceptors (Lipinski definition) is 4. The molecule has 1 fully saturated rings. The van der Waals surface area contributed by atoms with Crippen LogP contribution in [0.2, 0.25) is 0 Å². The molecule has 0 radical (unpaired) electrons. The molecule has 0 spiro atoms. The van der Waals surface area contributed by atoms with Crippen LogP contribution in [0.15, 0.2) is 18.2 Å². The fourth-order valence-corrected chi connectivity index (χ4v) is 2.93. The number of ether oxygens (including phenoxy) is 2. The molecule has 20 heavy (non-hydrogen) atoms. The molecule has 4 heteroatoms. The maximum absolute atomic E-state index is 9.72. The second kappa shape index (κ2) is 6.84. The Morgan fingerprint density at radius 2 is 1.80 bits per heavy atom. The van der Waals surface area contributed by atoms with E-state index >= 15 is 0 Å². The summed E-state index contributed by atoms with van der Waals surface area (Å²) in [5.74, 6) is 1.45. The highest BCUT2D eigenvalue weighted by Gasteiger charge is 2.31. The smallest absolute Gasteiger partial charge is 0.162 e. The van der Waals surface area contributed by atoms with Crippen LogP contribution in [0.3, 0.4) is 0 Å². The van der Waals surface area contributed by atoms with Gasteiger partial charge in [-0.3, -0.25) is 0 Å². The van der Waals surface area contributed by atoms with Gasteiger partial charge in [-0.05, 0) is 25.0 Å². The van der Waals surface area contributed by atoms with Crippen molar-refractivity contribution in [1.29, 1.82) is 0 Å². The highest BCUT2D eigenvalue weighted by Crippen LogP contribution is 2.36. The number of nitrogens with one attached hydrogen (secondary N) is 1. The van der Waals surface area contributed by atoms with Crippen molar-refractivity contribution in [2.45, 2.75) is 32.1 Å². The van der Waals surface area contributed by atoms with Crippen LogP contribution in [-0.4, -0.2) is 32.5 Å². The fourth-order valence-electron chi connectivity index (χ4n) is 2.93. The highest BCUT2D eigenvalue weighted by atomic mass is 16.5. The average molecular weight is 279 g/mol. The summed E-state index contributed by atoms with van der Waals surface area (Å²) in [5, 5.41) is 13.2. The number of benzene rings is 1. The second-order valence-corrected chi connectivity index (χ2v) is 5.64. The predicted octanol–water partition coefficient (Wildman–Crippen LogP) is 3.06. The lowest BCUT2D eigenvalue weighted by atomic mass is 9.74. The minimum atomic E-state index is 0.0331. The van der Waals surface area contributed by atoms with Gasteiger partial charge in [0.05, 0.1) is 20.8 Å². The molecule has 0 unspecified atom stereocenters. The fraction of sp³-hybridized carbons (Fsp3) is 0.625. The lowest BCUT2D eigenvalue weighted by Gasteiger charge is -2.36. The van der Waals surface area contributed by atoms with Gasteiger partial charge in [-0.15, -0.1) is 0 Å². The zero-order chi connectivity index (χ0) is 14.4. The van der Waals surface area contributed by atoms with E-state index in [4.69, 9.17) is 9.47 Å². The molecular weight excluding hydrogens is 254 g/mol. The standard InChI is InChI=1S/C16H25NO3/c1-19-14-7-6-13(10-15(14)20-2)17-11-16(12-18)8-4-3-5-9-16/h6-7,10,17-18H,3-5,8-9,11-12H2,1-2H3. The Morgan fingerprint density at radius 3 is 2.40 bits per heavy atom. The van der Waals surface area contributed by atoms with E-state index in [-0.39, 0.29) is 12.0 Å². The summed E-state index contributed by atoms with van der Waals surface area (Å²) in [5.41, 5.74) is 1.03. The number of hydrogen-bond donors (Lipinski definition) is 2. The van der Waals surface area contributed by atoms with Gasteiger partial charge in [0.25, 0.3) is 0 Å². The molecule has 0 bridgehead atoms. The molecule has 0 saturated heterocycles. The quantitative estimate of drug-likeness (QED) is 0.840. The Kier molecular flexibility index (Phi) is 5.12. The summed E-state index contributed by atoms with van der Waals surface area (Å²) in [6.45, 7) is 1.06. The van der Waals surface area contributed by atoms with Gasteiger partial charge in [-0.2, -0.15) is 0 Å². The summed E-state index contributed by atoms with van der Waals surface area (Å²) in [6, 6.07) is 5.82. The highest BCUT2D eigenvalue weighted by molar-refractivity contribution is 5.54. The zero-order valence-corrected chi connectivity index (χ0v) is 12.4. The van der Waals surface area contributed by atoms with E-state index < -0.39 is 0 Å². The molecule has 2 rings (SSSR count). The van der Waals surface area contributed by atoms with Crippen LogP contribution < -0.4 is 14.8 Å². The Balaban J connectivity index is 2.02. The number of anilines is 1. The topological polar surface area (TPSA) is 50.7 Å². The monoisotopic (exact) mass is 279 g/mol. The third-order valence-electron chi connectivity index (χ3n) is 4.30. The summed E-state index contributed by atoms with van der Waals surface area (Å²) >= 11 is 0. The first-order valence-corrected chi connectivity index (χ1v) is 7.30.